The van der Waals surface area contributed by atoms with Gasteiger partial charge < -0.3 is 33.2 Å². The summed E-state index contributed by atoms with van der Waals surface area (Å²) in [6.07, 6.45) is -1.94. The summed E-state index contributed by atoms with van der Waals surface area (Å²) < 4.78 is 37.1. The van der Waals surface area contributed by atoms with Gasteiger partial charge in [-0.1, -0.05) is 10.2 Å². The molecule has 36 heavy (non-hydrogen) atoms. The number of imide groups is 1. The lowest BCUT2D eigenvalue weighted by atomic mass is 10.2. The van der Waals surface area contributed by atoms with Crippen LogP contribution in [0.2, 0.25) is 0 Å². The van der Waals surface area contributed by atoms with Crippen molar-refractivity contribution in [3.63, 3.8) is 0 Å². The maximum atomic E-state index is 12.3. The van der Waals surface area contributed by atoms with Gasteiger partial charge in [0.05, 0.1) is 72.7 Å². The second-order valence-electron chi connectivity index (χ2n) is 9.10. The van der Waals surface area contributed by atoms with Crippen molar-refractivity contribution >= 4 is 12.2 Å². The van der Waals surface area contributed by atoms with Crippen LogP contribution < -0.4 is 0 Å². The van der Waals surface area contributed by atoms with Crippen LogP contribution in [0.5, 0.6) is 0 Å². The first kappa shape index (κ1) is 33.8. The van der Waals surface area contributed by atoms with Crippen molar-refractivity contribution in [1.29, 1.82) is 0 Å². The highest BCUT2D eigenvalue weighted by molar-refractivity contribution is 5.86. The van der Waals surface area contributed by atoms with Crippen molar-refractivity contribution in [2.24, 2.45) is 5.11 Å². The Labute approximate surface area is 212 Å². The number of ether oxygens (including phenoxy) is 7. The average molecular weight is 523 g/mol. The number of hydroxylamine groups is 2. The molecule has 0 saturated heterocycles. The van der Waals surface area contributed by atoms with Crippen molar-refractivity contribution in [2.45, 2.75) is 52.7 Å². The molecule has 0 N–H and O–H groups in total. The molecule has 0 aliphatic rings. The third-order valence-corrected chi connectivity index (χ3v) is 3.45. The van der Waals surface area contributed by atoms with Gasteiger partial charge in [-0.3, -0.25) is 4.84 Å². The van der Waals surface area contributed by atoms with Gasteiger partial charge in [0.15, 0.2) is 0 Å². The highest BCUT2D eigenvalue weighted by Crippen LogP contribution is 2.14. The standard InChI is InChI=1S/C22H42N4O10/c1-21(2,3)35-19(27)26(20(28)36-22(4,5)6)34-18-17-33-16-15-32-14-13-31-12-11-30-10-9-29-8-7-24-25-23/h7-18H2,1-6H3. The summed E-state index contributed by atoms with van der Waals surface area (Å²) in [5, 5.41) is 3.81. The van der Waals surface area contributed by atoms with Crippen molar-refractivity contribution in [1.82, 2.24) is 5.06 Å². The highest BCUT2D eigenvalue weighted by atomic mass is 16.8. The van der Waals surface area contributed by atoms with E-state index in [9.17, 15) is 9.59 Å². The van der Waals surface area contributed by atoms with Crippen LogP contribution in [0.3, 0.4) is 0 Å². The molecule has 0 fully saturated rings. The fourth-order valence-electron chi connectivity index (χ4n) is 2.11. The monoisotopic (exact) mass is 522 g/mol. The Bertz CT molecular complexity index is 618. The van der Waals surface area contributed by atoms with E-state index in [4.69, 9.17) is 43.5 Å². The summed E-state index contributed by atoms with van der Waals surface area (Å²) >= 11 is 0. The number of hydrogen-bond acceptors (Lipinski definition) is 11. The molecule has 0 saturated carbocycles. The summed E-state index contributed by atoms with van der Waals surface area (Å²) in [5.74, 6) is 0. The van der Waals surface area contributed by atoms with E-state index in [1.54, 1.807) is 41.5 Å². The molecule has 0 rings (SSSR count). The van der Waals surface area contributed by atoms with Crippen LogP contribution in [-0.4, -0.2) is 108 Å². The first-order chi connectivity index (χ1) is 17.0. The van der Waals surface area contributed by atoms with Gasteiger partial charge in [-0.25, -0.2) is 9.59 Å². The minimum atomic E-state index is -0.971. The molecule has 0 bridgehead atoms. The summed E-state index contributed by atoms with van der Waals surface area (Å²) in [4.78, 5) is 32.5. The van der Waals surface area contributed by atoms with E-state index in [-0.39, 0.29) is 13.2 Å². The fraction of sp³-hybridized carbons (Fsp3) is 0.909. The number of rotatable bonds is 19. The third-order valence-electron chi connectivity index (χ3n) is 3.45. The summed E-state index contributed by atoms with van der Waals surface area (Å²) in [6.45, 7) is 14.0. The van der Waals surface area contributed by atoms with Gasteiger partial charge in [-0.15, -0.1) is 0 Å². The molecule has 0 spiro atoms. The Kier molecular flexibility index (Phi) is 18.7. The van der Waals surface area contributed by atoms with Crippen LogP contribution in [-0.2, 0) is 38.0 Å². The predicted molar refractivity (Wildman–Crippen MR) is 128 cm³/mol. The molecular formula is C22H42N4O10. The molecule has 0 radical (unpaired) electrons. The van der Waals surface area contributed by atoms with Crippen molar-refractivity contribution in [2.75, 3.05) is 79.2 Å². The summed E-state index contributed by atoms with van der Waals surface area (Å²) in [6, 6.07) is 0. The van der Waals surface area contributed by atoms with Crippen LogP contribution in [0, 0.1) is 0 Å². The zero-order valence-electron chi connectivity index (χ0n) is 22.4. The van der Waals surface area contributed by atoms with Crippen molar-refractivity contribution in [3.05, 3.63) is 10.4 Å². The Morgan fingerprint density at radius 2 is 0.972 bits per heavy atom. The summed E-state index contributed by atoms with van der Waals surface area (Å²) in [5.41, 5.74) is 6.50. The lowest BCUT2D eigenvalue weighted by Gasteiger charge is -2.27. The van der Waals surface area contributed by atoms with E-state index < -0.39 is 23.4 Å². The average Bonchev–Trinajstić information content (AvgIpc) is 2.75. The molecule has 0 unspecified atom stereocenters. The molecule has 14 nitrogen and oxygen atoms in total. The van der Waals surface area contributed by atoms with Gasteiger partial charge >= 0.3 is 12.2 Å². The number of azide groups is 1. The van der Waals surface area contributed by atoms with Crippen LogP contribution in [0.25, 0.3) is 10.4 Å². The predicted octanol–water partition coefficient (Wildman–Crippen LogP) is 3.48. The molecule has 0 aromatic carbocycles. The van der Waals surface area contributed by atoms with Gasteiger partial charge in [0.1, 0.15) is 11.2 Å². The minimum absolute atomic E-state index is 0.0690. The minimum Gasteiger partial charge on any atom is -0.442 e. The number of amides is 2. The maximum absolute atomic E-state index is 12.3. The van der Waals surface area contributed by atoms with Gasteiger partial charge in [-0.05, 0) is 47.1 Å². The number of carbonyl (C=O) groups is 2. The Morgan fingerprint density at radius 3 is 1.31 bits per heavy atom. The van der Waals surface area contributed by atoms with E-state index >= 15 is 0 Å². The molecule has 2 amide bonds. The molecule has 0 atom stereocenters. The van der Waals surface area contributed by atoms with Crippen LogP contribution in [0.4, 0.5) is 9.59 Å². The zero-order valence-corrected chi connectivity index (χ0v) is 22.4. The molecule has 14 heteroatoms. The molecule has 0 aromatic heterocycles. The van der Waals surface area contributed by atoms with Gasteiger partial charge in [0.25, 0.3) is 0 Å². The van der Waals surface area contributed by atoms with Crippen LogP contribution in [0.1, 0.15) is 41.5 Å². The van der Waals surface area contributed by atoms with Crippen molar-refractivity contribution in [3.8, 4) is 0 Å². The van der Waals surface area contributed by atoms with Crippen molar-refractivity contribution < 1.29 is 47.6 Å². The quantitative estimate of drug-likeness (QED) is 0.0807. The van der Waals surface area contributed by atoms with Crippen LogP contribution >= 0.6 is 0 Å². The van der Waals surface area contributed by atoms with E-state index in [0.29, 0.717) is 71.1 Å². The lowest BCUT2D eigenvalue weighted by Crippen LogP contribution is -2.44. The third kappa shape index (κ3) is 22.3. The summed E-state index contributed by atoms with van der Waals surface area (Å²) in [7, 11) is 0. The second kappa shape index (κ2) is 19.9. The van der Waals surface area contributed by atoms with E-state index in [2.05, 4.69) is 10.0 Å². The number of hydrogen-bond donors (Lipinski definition) is 0. The zero-order chi connectivity index (χ0) is 27.3. The Hall–Kier alpha value is -2.19. The Balaban J connectivity index is 3.80. The first-order valence-electron chi connectivity index (χ1n) is 11.7. The lowest BCUT2D eigenvalue weighted by molar-refractivity contribution is -0.148. The van der Waals surface area contributed by atoms with E-state index in [1.165, 1.54) is 0 Å². The molecule has 210 valence electrons. The second-order valence-corrected chi connectivity index (χ2v) is 9.10. The SMILES string of the molecule is CC(C)(C)OC(=O)N(OCCOCCOCCOCCOCCOCCN=[N+]=[N-])C(=O)OC(C)(C)C. The van der Waals surface area contributed by atoms with E-state index in [0.717, 1.165) is 0 Å². The topological polar surface area (TPSA) is 160 Å². The number of carbonyl (C=O) groups excluding carboxylic acids is 2. The molecule has 0 heterocycles. The van der Waals surface area contributed by atoms with Gasteiger partial charge in [0, 0.05) is 11.5 Å². The van der Waals surface area contributed by atoms with Crippen LogP contribution in [0.15, 0.2) is 5.11 Å². The smallest absolute Gasteiger partial charge is 0.442 e. The molecule has 0 aliphatic carbocycles. The van der Waals surface area contributed by atoms with Gasteiger partial charge in [0.2, 0.25) is 0 Å². The highest BCUT2D eigenvalue weighted by Gasteiger charge is 2.32. The number of nitrogens with zero attached hydrogens (tertiary/aromatic N) is 4. The molecule has 0 aliphatic heterocycles. The normalized spacial score (nSPS) is 11.6. The first-order valence-corrected chi connectivity index (χ1v) is 11.7. The molecule has 0 aromatic rings. The van der Waals surface area contributed by atoms with Gasteiger partial charge in [-0.2, -0.15) is 0 Å². The largest absolute Gasteiger partial charge is 0.444 e. The van der Waals surface area contributed by atoms with E-state index in [1.807, 2.05) is 0 Å². The Morgan fingerprint density at radius 1 is 0.639 bits per heavy atom. The molecular weight excluding hydrogens is 480 g/mol. The fourth-order valence-corrected chi connectivity index (χ4v) is 2.11. The maximum Gasteiger partial charge on any atom is 0.444 e.